The Hall–Kier alpha value is -1.62. The maximum atomic E-state index is 11.4. The van der Waals surface area contributed by atoms with Crippen LogP contribution in [-0.2, 0) is 4.79 Å². The smallest absolute Gasteiger partial charge is 0.224 e. The van der Waals surface area contributed by atoms with E-state index in [9.17, 15) is 4.79 Å². The minimum atomic E-state index is 0.00218. The SMILES string of the molecule is NC1CC(=O)N(CCNc2ccccn2)C1. The summed E-state index contributed by atoms with van der Waals surface area (Å²) in [5.74, 6) is 0.980. The number of hydrogen-bond donors (Lipinski definition) is 2. The Labute approximate surface area is 94.6 Å². The van der Waals surface area contributed by atoms with Crippen LogP contribution in [0.2, 0.25) is 0 Å². The molecule has 3 N–H and O–H groups in total. The first-order chi connectivity index (χ1) is 7.75. The van der Waals surface area contributed by atoms with Crippen LogP contribution in [0.5, 0.6) is 0 Å². The van der Waals surface area contributed by atoms with Gasteiger partial charge < -0.3 is 16.0 Å². The van der Waals surface area contributed by atoms with Crippen molar-refractivity contribution in [1.29, 1.82) is 0 Å². The van der Waals surface area contributed by atoms with Crippen molar-refractivity contribution < 1.29 is 4.79 Å². The molecule has 0 bridgehead atoms. The Morgan fingerprint density at radius 3 is 3.06 bits per heavy atom. The lowest BCUT2D eigenvalue weighted by atomic mass is 10.3. The van der Waals surface area contributed by atoms with E-state index in [0.29, 0.717) is 26.1 Å². The zero-order valence-electron chi connectivity index (χ0n) is 9.10. The second kappa shape index (κ2) is 4.94. The summed E-state index contributed by atoms with van der Waals surface area (Å²) in [5.41, 5.74) is 5.70. The number of carbonyl (C=O) groups excluding carboxylic acids is 1. The normalized spacial score (nSPS) is 20.2. The van der Waals surface area contributed by atoms with Gasteiger partial charge in [-0.2, -0.15) is 0 Å². The number of nitrogens with one attached hydrogen (secondary N) is 1. The molecule has 16 heavy (non-hydrogen) atoms. The highest BCUT2D eigenvalue weighted by atomic mass is 16.2. The summed E-state index contributed by atoms with van der Waals surface area (Å²) in [7, 11) is 0. The zero-order chi connectivity index (χ0) is 11.4. The van der Waals surface area contributed by atoms with E-state index < -0.39 is 0 Å². The molecule has 5 nitrogen and oxygen atoms in total. The molecule has 1 unspecified atom stereocenters. The molecule has 1 aromatic heterocycles. The summed E-state index contributed by atoms with van der Waals surface area (Å²) in [6, 6.07) is 5.69. The predicted molar refractivity (Wildman–Crippen MR) is 61.9 cm³/mol. The number of amides is 1. The predicted octanol–water partition coefficient (Wildman–Crippen LogP) is 0.0531. The van der Waals surface area contributed by atoms with Crippen molar-refractivity contribution in [2.75, 3.05) is 25.0 Å². The van der Waals surface area contributed by atoms with Gasteiger partial charge in [-0.05, 0) is 12.1 Å². The van der Waals surface area contributed by atoms with Crippen LogP contribution in [0, 0.1) is 0 Å². The van der Waals surface area contributed by atoms with Gasteiger partial charge in [0.2, 0.25) is 5.91 Å². The number of aromatic nitrogens is 1. The number of nitrogens with two attached hydrogens (primary N) is 1. The van der Waals surface area contributed by atoms with Gasteiger partial charge in [0, 0.05) is 38.3 Å². The van der Waals surface area contributed by atoms with Crippen LogP contribution in [0.25, 0.3) is 0 Å². The molecular formula is C11H16N4O. The van der Waals surface area contributed by atoms with Crippen LogP contribution in [0.3, 0.4) is 0 Å². The van der Waals surface area contributed by atoms with E-state index in [4.69, 9.17) is 5.73 Å². The van der Waals surface area contributed by atoms with E-state index in [0.717, 1.165) is 5.82 Å². The van der Waals surface area contributed by atoms with Crippen LogP contribution in [-0.4, -0.2) is 41.5 Å². The summed E-state index contributed by atoms with van der Waals surface area (Å²) in [6.45, 7) is 2.06. The molecule has 1 saturated heterocycles. The quantitative estimate of drug-likeness (QED) is 0.752. The monoisotopic (exact) mass is 220 g/mol. The average molecular weight is 220 g/mol. The highest BCUT2D eigenvalue weighted by molar-refractivity contribution is 5.79. The molecule has 1 fully saturated rings. The van der Waals surface area contributed by atoms with Crippen molar-refractivity contribution in [3.8, 4) is 0 Å². The maximum absolute atomic E-state index is 11.4. The molecule has 5 heteroatoms. The van der Waals surface area contributed by atoms with E-state index >= 15 is 0 Å². The summed E-state index contributed by atoms with van der Waals surface area (Å²) in [6.07, 6.45) is 2.21. The van der Waals surface area contributed by atoms with E-state index in [-0.39, 0.29) is 11.9 Å². The van der Waals surface area contributed by atoms with Crippen molar-refractivity contribution >= 4 is 11.7 Å². The molecule has 1 atom stereocenters. The van der Waals surface area contributed by atoms with Gasteiger partial charge in [-0.25, -0.2) is 4.98 Å². The molecule has 1 aliphatic rings. The summed E-state index contributed by atoms with van der Waals surface area (Å²) in [5, 5.41) is 3.16. The van der Waals surface area contributed by atoms with Gasteiger partial charge in [-0.15, -0.1) is 0 Å². The molecular weight excluding hydrogens is 204 g/mol. The van der Waals surface area contributed by atoms with Gasteiger partial charge in [0.1, 0.15) is 5.82 Å². The molecule has 0 radical (unpaired) electrons. The largest absolute Gasteiger partial charge is 0.368 e. The fraction of sp³-hybridized carbons (Fsp3) is 0.455. The lowest BCUT2D eigenvalue weighted by molar-refractivity contribution is -0.127. The number of anilines is 1. The zero-order valence-corrected chi connectivity index (χ0v) is 9.10. The minimum Gasteiger partial charge on any atom is -0.368 e. The van der Waals surface area contributed by atoms with Gasteiger partial charge in [-0.3, -0.25) is 4.79 Å². The van der Waals surface area contributed by atoms with Gasteiger partial charge in [0.05, 0.1) is 0 Å². The second-order valence-corrected chi connectivity index (χ2v) is 3.95. The molecule has 1 aromatic rings. The van der Waals surface area contributed by atoms with Gasteiger partial charge >= 0.3 is 0 Å². The van der Waals surface area contributed by atoms with Crippen LogP contribution < -0.4 is 11.1 Å². The third-order valence-electron chi connectivity index (χ3n) is 2.60. The van der Waals surface area contributed by atoms with E-state index in [1.165, 1.54) is 0 Å². The van der Waals surface area contributed by atoms with Crippen molar-refractivity contribution in [2.45, 2.75) is 12.5 Å². The topological polar surface area (TPSA) is 71.2 Å². The third kappa shape index (κ3) is 2.70. The first-order valence-electron chi connectivity index (χ1n) is 5.44. The fourth-order valence-electron chi connectivity index (χ4n) is 1.81. The Kier molecular flexibility index (Phi) is 3.36. The average Bonchev–Trinajstić information content (AvgIpc) is 2.59. The lowest BCUT2D eigenvalue weighted by Gasteiger charge is -2.16. The Morgan fingerprint density at radius 2 is 2.44 bits per heavy atom. The van der Waals surface area contributed by atoms with Crippen molar-refractivity contribution in [3.63, 3.8) is 0 Å². The Balaban J connectivity index is 1.74. The molecule has 0 aromatic carbocycles. The molecule has 0 spiro atoms. The molecule has 2 rings (SSSR count). The Bertz CT molecular complexity index is 354. The number of carbonyl (C=O) groups is 1. The van der Waals surface area contributed by atoms with Gasteiger partial charge in [0.15, 0.2) is 0 Å². The summed E-state index contributed by atoms with van der Waals surface area (Å²) < 4.78 is 0. The third-order valence-corrected chi connectivity index (χ3v) is 2.60. The van der Waals surface area contributed by atoms with Gasteiger partial charge in [-0.1, -0.05) is 6.07 Å². The minimum absolute atomic E-state index is 0.00218. The highest BCUT2D eigenvalue weighted by Gasteiger charge is 2.25. The number of hydrogen-bond acceptors (Lipinski definition) is 4. The highest BCUT2D eigenvalue weighted by Crippen LogP contribution is 2.08. The van der Waals surface area contributed by atoms with Gasteiger partial charge in [0.25, 0.3) is 0 Å². The van der Waals surface area contributed by atoms with Crippen LogP contribution in [0.15, 0.2) is 24.4 Å². The summed E-state index contributed by atoms with van der Waals surface area (Å²) >= 11 is 0. The van der Waals surface area contributed by atoms with Crippen molar-refractivity contribution in [2.24, 2.45) is 5.73 Å². The Morgan fingerprint density at radius 1 is 1.56 bits per heavy atom. The molecule has 2 heterocycles. The lowest BCUT2D eigenvalue weighted by Crippen LogP contribution is -2.32. The van der Waals surface area contributed by atoms with Crippen molar-refractivity contribution in [3.05, 3.63) is 24.4 Å². The second-order valence-electron chi connectivity index (χ2n) is 3.95. The van der Waals surface area contributed by atoms with E-state index in [1.54, 1.807) is 11.1 Å². The number of nitrogens with zero attached hydrogens (tertiary/aromatic N) is 2. The number of likely N-dealkylation sites (tertiary alicyclic amines) is 1. The van der Waals surface area contributed by atoms with Crippen LogP contribution in [0.4, 0.5) is 5.82 Å². The molecule has 1 aliphatic heterocycles. The molecule has 0 saturated carbocycles. The van der Waals surface area contributed by atoms with E-state index in [1.807, 2.05) is 18.2 Å². The van der Waals surface area contributed by atoms with Crippen LogP contribution in [0.1, 0.15) is 6.42 Å². The molecule has 1 amide bonds. The summed E-state index contributed by atoms with van der Waals surface area (Å²) in [4.78, 5) is 17.4. The number of pyridine rings is 1. The molecule has 0 aliphatic carbocycles. The maximum Gasteiger partial charge on any atom is 0.224 e. The van der Waals surface area contributed by atoms with E-state index in [2.05, 4.69) is 10.3 Å². The first kappa shape index (κ1) is 10.9. The standard InChI is InChI=1S/C11H16N4O/c12-9-7-11(16)15(8-9)6-5-14-10-3-1-2-4-13-10/h1-4,9H,5-8,12H2,(H,13,14). The molecule has 86 valence electrons. The van der Waals surface area contributed by atoms with Crippen molar-refractivity contribution in [1.82, 2.24) is 9.88 Å². The fourth-order valence-corrected chi connectivity index (χ4v) is 1.81. The first-order valence-corrected chi connectivity index (χ1v) is 5.44. The number of rotatable bonds is 4. The van der Waals surface area contributed by atoms with Crippen LogP contribution >= 0.6 is 0 Å².